The first kappa shape index (κ1) is 9.68. The van der Waals surface area contributed by atoms with E-state index in [0.717, 1.165) is 38.5 Å². The molecule has 0 aliphatic carbocycles. The van der Waals surface area contributed by atoms with Crippen molar-refractivity contribution in [3.8, 4) is 0 Å². The SMILES string of the molecule is CCCn1ccnc1CNC1COC1. The first-order valence-corrected chi connectivity index (χ1v) is 5.21. The number of aryl methyl sites for hydroxylation is 1. The van der Waals surface area contributed by atoms with E-state index in [9.17, 15) is 0 Å². The Kier molecular flexibility index (Phi) is 3.16. The van der Waals surface area contributed by atoms with E-state index in [1.54, 1.807) is 0 Å². The van der Waals surface area contributed by atoms with Gasteiger partial charge >= 0.3 is 0 Å². The highest BCUT2D eigenvalue weighted by atomic mass is 16.5. The maximum absolute atomic E-state index is 5.09. The van der Waals surface area contributed by atoms with Gasteiger partial charge in [-0.1, -0.05) is 6.92 Å². The van der Waals surface area contributed by atoms with Crippen LogP contribution in [0.25, 0.3) is 0 Å². The van der Waals surface area contributed by atoms with Gasteiger partial charge in [0, 0.05) is 18.9 Å². The highest BCUT2D eigenvalue weighted by Gasteiger charge is 2.17. The second kappa shape index (κ2) is 4.57. The van der Waals surface area contributed by atoms with E-state index in [4.69, 9.17) is 4.74 Å². The number of nitrogens with one attached hydrogen (secondary N) is 1. The molecule has 1 aromatic heterocycles. The molecule has 78 valence electrons. The predicted molar refractivity (Wildman–Crippen MR) is 54.0 cm³/mol. The van der Waals surface area contributed by atoms with Crippen molar-refractivity contribution in [1.82, 2.24) is 14.9 Å². The minimum Gasteiger partial charge on any atom is -0.378 e. The number of nitrogens with zero attached hydrogens (tertiary/aromatic N) is 2. The fraction of sp³-hybridized carbons (Fsp3) is 0.700. The lowest BCUT2D eigenvalue weighted by atomic mass is 10.2. The maximum atomic E-state index is 5.09. The van der Waals surface area contributed by atoms with Crippen LogP contribution in [0.15, 0.2) is 12.4 Å². The molecule has 1 fully saturated rings. The molecular weight excluding hydrogens is 178 g/mol. The third-order valence-corrected chi connectivity index (χ3v) is 2.45. The Balaban J connectivity index is 1.84. The van der Waals surface area contributed by atoms with Crippen LogP contribution in [0.2, 0.25) is 0 Å². The van der Waals surface area contributed by atoms with Gasteiger partial charge in [-0.2, -0.15) is 0 Å². The van der Waals surface area contributed by atoms with Crippen LogP contribution in [0.1, 0.15) is 19.2 Å². The number of ether oxygens (including phenoxy) is 1. The van der Waals surface area contributed by atoms with Crippen molar-refractivity contribution in [2.24, 2.45) is 0 Å². The molecule has 1 aliphatic heterocycles. The Morgan fingerprint density at radius 2 is 2.50 bits per heavy atom. The summed E-state index contributed by atoms with van der Waals surface area (Å²) in [6.45, 7) is 5.76. The van der Waals surface area contributed by atoms with E-state index in [2.05, 4.69) is 21.8 Å². The lowest BCUT2D eigenvalue weighted by Gasteiger charge is -2.26. The zero-order chi connectivity index (χ0) is 9.80. The first-order chi connectivity index (χ1) is 6.90. The summed E-state index contributed by atoms with van der Waals surface area (Å²) >= 11 is 0. The van der Waals surface area contributed by atoms with Crippen LogP contribution in [0.4, 0.5) is 0 Å². The molecule has 0 radical (unpaired) electrons. The van der Waals surface area contributed by atoms with Crippen LogP contribution >= 0.6 is 0 Å². The van der Waals surface area contributed by atoms with E-state index in [1.807, 2.05) is 12.4 Å². The Morgan fingerprint density at radius 3 is 3.14 bits per heavy atom. The van der Waals surface area contributed by atoms with Gasteiger partial charge in [-0.15, -0.1) is 0 Å². The molecule has 1 aliphatic rings. The number of aromatic nitrogens is 2. The Hall–Kier alpha value is -0.870. The first-order valence-electron chi connectivity index (χ1n) is 5.21. The minimum absolute atomic E-state index is 0.529. The van der Waals surface area contributed by atoms with Crippen LogP contribution in [-0.4, -0.2) is 28.8 Å². The zero-order valence-corrected chi connectivity index (χ0v) is 8.57. The third-order valence-electron chi connectivity index (χ3n) is 2.45. The summed E-state index contributed by atoms with van der Waals surface area (Å²) in [7, 11) is 0. The molecule has 4 nitrogen and oxygen atoms in total. The number of hydrogen-bond acceptors (Lipinski definition) is 3. The molecule has 0 aromatic carbocycles. The van der Waals surface area contributed by atoms with Gasteiger partial charge in [0.2, 0.25) is 0 Å². The summed E-state index contributed by atoms with van der Waals surface area (Å²) in [6, 6.07) is 0.529. The zero-order valence-electron chi connectivity index (χ0n) is 8.57. The second-order valence-electron chi connectivity index (χ2n) is 3.65. The minimum atomic E-state index is 0.529. The molecule has 1 saturated heterocycles. The quantitative estimate of drug-likeness (QED) is 0.754. The number of hydrogen-bond donors (Lipinski definition) is 1. The van der Waals surface area contributed by atoms with Crippen LogP contribution in [0, 0.1) is 0 Å². The second-order valence-corrected chi connectivity index (χ2v) is 3.65. The van der Waals surface area contributed by atoms with Crippen molar-refractivity contribution in [3.63, 3.8) is 0 Å². The highest BCUT2D eigenvalue weighted by Crippen LogP contribution is 2.03. The van der Waals surface area contributed by atoms with Crippen molar-refractivity contribution < 1.29 is 4.74 Å². The van der Waals surface area contributed by atoms with Crippen molar-refractivity contribution in [2.45, 2.75) is 32.5 Å². The molecule has 14 heavy (non-hydrogen) atoms. The molecule has 4 heteroatoms. The lowest BCUT2D eigenvalue weighted by molar-refractivity contribution is -0.00615. The van der Waals surface area contributed by atoms with Crippen LogP contribution in [-0.2, 0) is 17.8 Å². The lowest BCUT2D eigenvalue weighted by Crippen LogP contribution is -2.45. The summed E-state index contributed by atoms with van der Waals surface area (Å²) in [4.78, 5) is 4.32. The molecule has 1 aromatic rings. The van der Waals surface area contributed by atoms with E-state index in [0.29, 0.717) is 6.04 Å². The Bertz CT molecular complexity index is 281. The van der Waals surface area contributed by atoms with Gasteiger partial charge in [-0.05, 0) is 6.42 Å². The van der Waals surface area contributed by atoms with Crippen molar-refractivity contribution in [2.75, 3.05) is 13.2 Å². The summed E-state index contributed by atoms with van der Waals surface area (Å²) in [5.74, 6) is 1.12. The van der Waals surface area contributed by atoms with Crippen LogP contribution in [0.3, 0.4) is 0 Å². The van der Waals surface area contributed by atoms with Crippen molar-refractivity contribution >= 4 is 0 Å². The van der Waals surface area contributed by atoms with Crippen molar-refractivity contribution in [3.05, 3.63) is 18.2 Å². The molecule has 0 bridgehead atoms. The predicted octanol–water partition coefficient (Wildman–Crippen LogP) is 0.781. The average Bonchev–Trinajstić information content (AvgIpc) is 2.51. The van der Waals surface area contributed by atoms with E-state index in [1.165, 1.54) is 0 Å². The molecular formula is C10H17N3O. The van der Waals surface area contributed by atoms with Gasteiger partial charge in [0.05, 0.1) is 25.8 Å². The van der Waals surface area contributed by atoms with Gasteiger partial charge in [-0.3, -0.25) is 0 Å². The topological polar surface area (TPSA) is 39.1 Å². The fourth-order valence-electron chi connectivity index (χ4n) is 1.54. The Labute approximate surface area is 84.3 Å². The summed E-state index contributed by atoms with van der Waals surface area (Å²) in [5, 5.41) is 3.41. The molecule has 0 saturated carbocycles. The monoisotopic (exact) mass is 195 g/mol. The van der Waals surface area contributed by atoms with Crippen LogP contribution < -0.4 is 5.32 Å². The summed E-state index contributed by atoms with van der Waals surface area (Å²) in [6.07, 6.45) is 5.05. The van der Waals surface area contributed by atoms with Gasteiger partial charge in [-0.25, -0.2) is 4.98 Å². The largest absolute Gasteiger partial charge is 0.378 e. The van der Waals surface area contributed by atoms with Gasteiger partial charge in [0.25, 0.3) is 0 Å². The van der Waals surface area contributed by atoms with E-state index >= 15 is 0 Å². The third kappa shape index (κ3) is 2.13. The molecule has 2 heterocycles. The molecule has 2 rings (SSSR count). The summed E-state index contributed by atoms with van der Waals surface area (Å²) < 4.78 is 7.29. The van der Waals surface area contributed by atoms with E-state index < -0.39 is 0 Å². The highest BCUT2D eigenvalue weighted by molar-refractivity contribution is 4.92. The molecule has 0 amide bonds. The normalized spacial score (nSPS) is 16.9. The maximum Gasteiger partial charge on any atom is 0.122 e. The van der Waals surface area contributed by atoms with Gasteiger partial charge < -0.3 is 14.6 Å². The van der Waals surface area contributed by atoms with Crippen LogP contribution in [0.5, 0.6) is 0 Å². The molecule has 0 atom stereocenters. The Morgan fingerprint density at radius 1 is 1.64 bits per heavy atom. The van der Waals surface area contributed by atoms with E-state index in [-0.39, 0.29) is 0 Å². The van der Waals surface area contributed by atoms with Gasteiger partial charge in [0.1, 0.15) is 5.82 Å². The summed E-state index contributed by atoms with van der Waals surface area (Å²) in [5.41, 5.74) is 0. The molecule has 1 N–H and O–H groups in total. The standard InChI is InChI=1S/C10H17N3O/c1-2-4-13-5-3-11-10(13)6-12-9-7-14-8-9/h3,5,9,12H,2,4,6-8H2,1H3. The van der Waals surface area contributed by atoms with Gasteiger partial charge in [0.15, 0.2) is 0 Å². The fourth-order valence-corrected chi connectivity index (χ4v) is 1.54. The smallest absolute Gasteiger partial charge is 0.122 e. The molecule has 0 spiro atoms. The number of imidazole rings is 1. The molecule has 0 unspecified atom stereocenters. The van der Waals surface area contributed by atoms with Crippen molar-refractivity contribution in [1.29, 1.82) is 0 Å². The average molecular weight is 195 g/mol. The number of rotatable bonds is 5.